The molecule has 1 aromatic rings. The molecule has 0 radical (unpaired) electrons. The molecule has 16 heavy (non-hydrogen) atoms. The Hall–Kier alpha value is -0.440. The van der Waals surface area contributed by atoms with E-state index in [2.05, 4.69) is 11.9 Å². The fraction of sp³-hybridized carbons (Fsp3) is 0.500. The van der Waals surface area contributed by atoms with Gasteiger partial charge in [0.05, 0.1) is 0 Å². The van der Waals surface area contributed by atoms with Gasteiger partial charge in [-0.3, -0.25) is 0 Å². The Morgan fingerprint density at radius 3 is 2.88 bits per heavy atom. The third kappa shape index (κ3) is 2.15. The number of benzene rings is 1. The highest BCUT2D eigenvalue weighted by molar-refractivity contribution is 6.35. The minimum absolute atomic E-state index is 0.473. The van der Waals surface area contributed by atoms with Crippen LogP contribution in [-0.4, -0.2) is 20.1 Å². The van der Waals surface area contributed by atoms with Gasteiger partial charge in [-0.2, -0.15) is 0 Å². The topological polar surface area (TPSA) is 29.3 Å². The van der Waals surface area contributed by atoms with Gasteiger partial charge < -0.3 is 10.6 Å². The number of rotatable bonds is 2. The second-order valence-electron chi connectivity index (χ2n) is 4.30. The molecule has 0 saturated carbocycles. The molecule has 1 aliphatic rings. The minimum Gasteiger partial charge on any atom is -0.374 e. The van der Waals surface area contributed by atoms with Gasteiger partial charge in [0.2, 0.25) is 0 Å². The molecule has 1 unspecified atom stereocenters. The Bertz CT molecular complexity index is 393. The van der Waals surface area contributed by atoms with Crippen LogP contribution in [0.25, 0.3) is 0 Å². The van der Waals surface area contributed by atoms with Crippen LogP contribution in [0.3, 0.4) is 0 Å². The van der Waals surface area contributed by atoms with Crippen LogP contribution in [0.4, 0.5) is 5.69 Å². The van der Waals surface area contributed by atoms with Crippen molar-refractivity contribution in [3.8, 4) is 0 Å². The lowest BCUT2D eigenvalue weighted by molar-refractivity contribution is 0.560. The van der Waals surface area contributed by atoms with Crippen LogP contribution in [0, 0.1) is 0 Å². The normalized spacial score (nSPS) is 19.8. The first-order valence-corrected chi connectivity index (χ1v) is 6.29. The lowest BCUT2D eigenvalue weighted by atomic mass is 9.87. The molecule has 0 amide bonds. The maximum absolute atomic E-state index is 6.29. The smallest absolute Gasteiger partial charge is 0.0476 e. The molecule has 2 N–H and O–H groups in total. The van der Waals surface area contributed by atoms with Crippen molar-refractivity contribution in [2.45, 2.75) is 18.8 Å². The maximum atomic E-state index is 6.29. The van der Waals surface area contributed by atoms with Crippen molar-refractivity contribution < 1.29 is 0 Å². The lowest BCUT2D eigenvalue weighted by Gasteiger charge is -2.34. The van der Waals surface area contributed by atoms with Crippen molar-refractivity contribution in [2.75, 3.05) is 25.0 Å². The maximum Gasteiger partial charge on any atom is 0.0476 e. The van der Waals surface area contributed by atoms with Crippen LogP contribution < -0.4 is 10.6 Å². The van der Waals surface area contributed by atoms with Gasteiger partial charge in [-0.05, 0) is 43.0 Å². The summed E-state index contributed by atoms with van der Waals surface area (Å²) in [6, 6.07) is 3.82. The number of anilines is 1. The molecule has 1 aliphatic heterocycles. The zero-order valence-electron chi connectivity index (χ0n) is 9.34. The van der Waals surface area contributed by atoms with Crippen LogP contribution in [0.5, 0.6) is 0 Å². The standard InChI is InChI=1S/C12H16Cl2N2/c1-16-5-3-8(2-4-15)12-10(14)6-9(13)7-11(12)16/h6-8H,2-5,15H2,1H3. The van der Waals surface area contributed by atoms with E-state index in [1.807, 2.05) is 12.1 Å². The first-order chi connectivity index (χ1) is 7.63. The average Bonchev–Trinajstić information content (AvgIpc) is 2.22. The average molecular weight is 259 g/mol. The second-order valence-corrected chi connectivity index (χ2v) is 5.15. The van der Waals surface area contributed by atoms with Crippen LogP contribution >= 0.6 is 23.2 Å². The van der Waals surface area contributed by atoms with Crippen molar-refractivity contribution in [1.82, 2.24) is 0 Å². The Kier molecular flexibility index (Phi) is 3.63. The molecule has 4 heteroatoms. The third-order valence-corrected chi connectivity index (χ3v) is 3.75. The fourth-order valence-electron chi connectivity index (χ4n) is 2.40. The Morgan fingerprint density at radius 1 is 1.44 bits per heavy atom. The van der Waals surface area contributed by atoms with Gasteiger partial charge >= 0.3 is 0 Å². The summed E-state index contributed by atoms with van der Waals surface area (Å²) in [5, 5.41) is 1.47. The van der Waals surface area contributed by atoms with E-state index in [0.29, 0.717) is 17.5 Å². The number of hydrogen-bond acceptors (Lipinski definition) is 2. The highest BCUT2D eigenvalue weighted by Crippen LogP contribution is 2.42. The summed E-state index contributed by atoms with van der Waals surface area (Å²) in [6.07, 6.45) is 2.10. The quantitative estimate of drug-likeness (QED) is 0.883. The first kappa shape index (κ1) is 12.0. The van der Waals surface area contributed by atoms with Crippen LogP contribution in [0.1, 0.15) is 24.3 Å². The molecule has 1 atom stereocenters. The highest BCUT2D eigenvalue weighted by Gasteiger charge is 2.25. The van der Waals surface area contributed by atoms with E-state index in [4.69, 9.17) is 28.9 Å². The monoisotopic (exact) mass is 258 g/mol. The van der Waals surface area contributed by atoms with Crippen LogP contribution in [0.2, 0.25) is 10.0 Å². The molecular formula is C12H16Cl2N2. The Morgan fingerprint density at radius 2 is 2.19 bits per heavy atom. The molecule has 0 spiro atoms. The summed E-state index contributed by atoms with van der Waals surface area (Å²) in [5.41, 5.74) is 8.02. The minimum atomic E-state index is 0.473. The van der Waals surface area contributed by atoms with E-state index < -0.39 is 0 Å². The van der Waals surface area contributed by atoms with Gasteiger partial charge in [0.25, 0.3) is 0 Å². The molecule has 0 aliphatic carbocycles. The summed E-state index contributed by atoms with van der Waals surface area (Å²) in [7, 11) is 2.07. The van der Waals surface area contributed by atoms with E-state index in [1.165, 1.54) is 5.56 Å². The zero-order valence-corrected chi connectivity index (χ0v) is 10.9. The van der Waals surface area contributed by atoms with Crippen molar-refractivity contribution >= 4 is 28.9 Å². The molecule has 2 rings (SSSR count). The summed E-state index contributed by atoms with van der Waals surface area (Å²) >= 11 is 12.3. The van der Waals surface area contributed by atoms with E-state index >= 15 is 0 Å². The number of halogens is 2. The molecule has 0 aromatic heterocycles. The summed E-state index contributed by atoms with van der Waals surface area (Å²) in [5.74, 6) is 0.473. The second kappa shape index (κ2) is 4.82. The molecule has 2 nitrogen and oxygen atoms in total. The van der Waals surface area contributed by atoms with E-state index in [0.717, 1.165) is 30.1 Å². The van der Waals surface area contributed by atoms with Gasteiger partial charge in [0.15, 0.2) is 0 Å². The number of fused-ring (bicyclic) bond motifs is 1. The largest absolute Gasteiger partial charge is 0.374 e. The number of nitrogens with zero attached hydrogens (tertiary/aromatic N) is 1. The predicted molar refractivity (Wildman–Crippen MR) is 70.8 cm³/mol. The first-order valence-electron chi connectivity index (χ1n) is 5.53. The van der Waals surface area contributed by atoms with Crippen molar-refractivity contribution in [3.05, 3.63) is 27.7 Å². The molecule has 0 fully saturated rings. The molecule has 0 saturated heterocycles. The molecule has 1 aromatic carbocycles. The zero-order chi connectivity index (χ0) is 11.7. The van der Waals surface area contributed by atoms with Gasteiger partial charge in [-0.15, -0.1) is 0 Å². The summed E-state index contributed by atoms with van der Waals surface area (Å²) in [6.45, 7) is 1.74. The van der Waals surface area contributed by atoms with E-state index in [-0.39, 0.29) is 0 Å². The third-order valence-electron chi connectivity index (χ3n) is 3.22. The van der Waals surface area contributed by atoms with Gasteiger partial charge in [0, 0.05) is 29.3 Å². The molecule has 88 valence electrons. The van der Waals surface area contributed by atoms with Crippen LogP contribution in [-0.2, 0) is 0 Å². The van der Waals surface area contributed by atoms with Gasteiger partial charge in [-0.25, -0.2) is 0 Å². The van der Waals surface area contributed by atoms with Crippen molar-refractivity contribution in [3.63, 3.8) is 0 Å². The SMILES string of the molecule is CN1CCC(CCN)c2c(Cl)cc(Cl)cc21. The number of hydrogen-bond donors (Lipinski definition) is 1. The van der Waals surface area contributed by atoms with Crippen LogP contribution in [0.15, 0.2) is 12.1 Å². The fourth-order valence-corrected chi connectivity index (χ4v) is 3.03. The number of nitrogens with two attached hydrogens (primary N) is 1. The van der Waals surface area contributed by atoms with E-state index in [9.17, 15) is 0 Å². The molecule has 1 heterocycles. The Balaban J connectivity index is 2.47. The molecular weight excluding hydrogens is 243 g/mol. The van der Waals surface area contributed by atoms with Crippen molar-refractivity contribution in [1.29, 1.82) is 0 Å². The summed E-state index contributed by atoms with van der Waals surface area (Å²) < 4.78 is 0. The molecule has 0 bridgehead atoms. The van der Waals surface area contributed by atoms with Gasteiger partial charge in [-0.1, -0.05) is 23.2 Å². The van der Waals surface area contributed by atoms with Crippen molar-refractivity contribution in [2.24, 2.45) is 5.73 Å². The van der Waals surface area contributed by atoms with Gasteiger partial charge in [0.1, 0.15) is 0 Å². The van der Waals surface area contributed by atoms with E-state index in [1.54, 1.807) is 0 Å². The predicted octanol–water partition coefficient (Wildman–Crippen LogP) is 3.27. The Labute approximate surface area is 106 Å². The summed E-state index contributed by atoms with van der Waals surface area (Å²) in [4.78, 5) is 2.21. The lowest BCUT2D eigenvalue weighted by Crippen LogP contribution is -2.28. The highest BCUT2D eigenvalue weighted by atomic mass is 35.5.